The second kappa shape index (κ2) is 7.67. The average molecular weight is 326 g/mol. The number of carbonyl (C=O) groups is 1. The fourth-order valence-electron chi connectivity index (χ4n) is 3.60. The Bertz CT molecular complexity index is 714. The Labute approximate surface area is 143 Å². The normalized spacial score (nSPS) is 18.5. The molecule has 24 heavy (non-hydrogen) atoms. The van der Waals surface area contributed by atoms with E-state index in [1.54, 1.807) is 7.11 Å². The molecule has 0 spiro atoms. The molecule has 1 fully saturated rings. The number of nitrogens with zero attached hydrogens (tertiary/aromatic N) is 1. The molecule has 2 aromatic rings. The van der Waals surface area contributed by atoms with Gasteiger partial charge in [-0.2, -0.15) is 0 Å². The van der Waals surface area contributed by atoms with Gasteiger partial charge < -0.3 is 10.1 Å². The molecule has 1 aliphatic heterocycles. The van der Waals surface area contributed by atoms with Crippen molar-refractivity contribution in [3.8, 4) is 5.75 Å². The van der Waals surface area contributed by atoms with Gasteiger partial charge in [0.1, 0.15) is 5.75 Å². The predicted octanol–water partition coefficient (Wildman–Crippen LogP) is 2.99. The third-order valence-corrected chi connectivity index (χ3v) is 4.96. The predicted molar refractivity (Wildman–Crippen MR) is 97.5 cm³/mol. The van der Waals surface area contributed by atoms with Crippen LogP contribution in [0.5, 0.6) is 5.75 Å². The van der Waals surface area contributed by atoms with Crippen molar-refractivity contribution >= 4 is 16.7 Å². The highest BCUT2D eigenvalue weighted by atomic mass is 16.5. The topological polar surface area (TPSA) is 41.6 Å². The monoisotopic (exact) mass is 326 g/mol. The van der Waals surface area contributed by atoms with Gasteiger partial charge in [0.2, 0.25) is 5.91 Å². The Morgan fingerprint density at radius 2 is 2.08 bits per heavy atom. The van der Waals surface area contributed by atoms with Crippen LogP contribution in [-0.2, 0) is 11.2 Å². The standard InChI is InChI=1S/C20H26N2O2/c1-22-14-6-5-9-18(22)20(23)21-13-12-17-16-8-4-3-7-15(16)10-11-19(17)24-2/h3-4,7-8,10-11,18H,5-6,9,12-14H2,1-2H3,(H,21,23). The number of hydrogen-bond acceptors (Lipinski definition) is 3. The van der Waals surface area contributed by atoms with Gasteiger partial charge in [-0.3, -0.25) is 9.69 Å². The van der Waals surface area contributed by atoms with Crippen LogP contribution in [0.2, 0.25) is 0 Å². The zero-order valence-electron chi connectivity index (χ0n) is 14.5. The fourth-order valence-corrected chi connectivity index (χ4v) is 3.60. The number of hydrogen-bond donors (Lipinski definition) is 1. The first-order valence-corrected chi connectivity index (χ1v) is 8.73. The number of methoxy groups -OCH3 is 1. The number of carbonyl (C=O) groups excluding carboxylic acids is 1. The van der Waals surface area contributed by atoms with Gasteiger partial charge in [0.15, 0.2) is 0 Å². The number of nitrogens with one attached hydrogen (secondary N) is 1. The zero-order valence-corrected chi connectivity index (χ0v) is 14.5. The van der Waals surface area contributed by atoms with Gasteiger partial charge >= 0.3 is 0 Å². The van der Waals surface area contributed by atoms with Crippen molar-refractivity contribution in [2.24, 2.45) is 0 Å². The summed E-state index contributed by atoms with van der Waals surface area (Å²) in [4.78, 5) is 14.6. The van der Waals surface area contributed by atoms with Gasteiger partial charge in [0.05, 0.1) is 13.2 Å². The van der Waals surface area contributed by atoms with E-state index in [1.807, 2.05) is 25.2 Å². The summed E-state index contributed by atoms with van der Waals surface area (Å²) >= 11 is 0. The van der Waals surface area contributed by atoms with Crippen molar-refractivity contribution in [1.82, 2.24) is 10.2 Å². The van der Waals surface area contributed by atoms with E-state index in [4.69, 9.17) is 4.74 Å². The minimum Gasteiger partial charge on any atom is -0.496 e. The molecular weight excluding hydrogens is 300 g/mol. The number of rotatable bonds is 5. The summed E-state index contributed by atoms with van der Waals surface area (Å²) < 4.78 is 5.52. The van der Waals surface area contributed by atoms with Crippen LogP contribution in [0.3, 0.4) is 0 Å². The Morgan fingerprint density at radius 1 is 1.25 bits per heavy atom. The quantitative estimate of drug-likeness (QED) is 0.918. The number of benzene rings is 2. The molecule has 1 atom stereocenters. The van der Waals surface area contributed by atoms with Crippen LogP contribution < -0.4 is 10.1 Å². The Balaban J connectivity index is 1.68. The van der Waals surface area contributed by atoms with Crippen LogP contribution in [0.15, 0.2) is 36.4 Å². The van der Waals surface area contributed by atoms with E-state index in [9.17, 15) is 4.79 Å². The third-order valence-electron chi connectivity index (χ3n) is 4.96. The van der Waals surface area contributed by atoms with Crippen molar-refractivity contribution in [2.75, 3.05) is 27.2 Å². The maximum Gasteiger partial charge on any atom is 0.237 e. The van der Waals surface area contributed by atoms with E-state index in [0.717, 1.165) is 37.1 Å². The van der Waals surface area contributed by atoms with E-state index in [-0.39, 0.29) is 11.9 Å². The lowest BCUT2D eigenvalue weighted by Crippen LogP contribution is -2.47. The molecular formula is C20H26N2O2. The van der Waals surface area contributed by atoms with E-state index in [1.165, 1.54) is 17.2 Å². The van der Waals surface area contributed by atoms with Crippen molar-refractivity contribution in [1.29, 1.82) is 0 Å². The van der Waals surface area contributed by atoms with Gasteiger partial charge in [-0.25, -0.2) is 0 Å². The van der Waals surface area contributed by atoms with Gasteiger partial charge in [0.25, 0.3) is 0 Å². The van der Waals surface area contributed by atoms with Crippen LogP contribution in [0.25, 0.3) is 10.8 Å². The first-order valence-electron chi connectivity index (χ1n) is 8.73. The molecule has 0 bridgehead atoms. The molecule has 128 valence electrons. The Kier molecular flexibility index (Phi) is 5.36. The molecule has 0 aliphatic carbocycles. The van der Waals surface area contributed by atoms with Crippen LogP contribution in [0.1, 0.15) is 24.8 Å². The van der Waals surface area contributed by atoms with E-state index < -0.39 is 0 Å². The van der Waals surface area contributed by atoms with Crippen LogP contribution in [-0.4, -0.2) is 44.1 Å². The minimum atomic E-state index is 0.0214. The molecule has 0 aromatic heterocycles. The first kappa shape index (κ1) is 16.8. The summed E-state index contributed by atoms with van der Waals surface area (Å²) in [5.74, 6) is 1.04. The number of likely N-dealkylation sites (N-methyl/N-ethyl adjacent to an activating group) is 1. The molecule has 1 saturated heterocycles. The molecule has 1 N–H and O–H groups in total. The lowest BCUT2D eigenvalue weighted by Gasteiger charge is -2.31. The Morgan fingerprint density at radius 3 is 2.88 bits per heavy atom. The molecule has 0 saturated carbocycles. The lowest BCUT2D eigenvalue weighted by molar-refractivity contribution is -0.126. The highest BCUT2D eigenvalue weighted by Gasteiger charge is 2.25. The Hall–Kier alpha value is -2.07. The second-order valence-corrected chi connectivity index (χ2v) is 6.50. The number of piperidine rings is 1. The SMILES string of the molecule is COc1ccc2ccccc2c1CCNC(=O)C1CCCCN1C. The maximum absolute atomic E-state index is 12.4. The number of likely N-dealkylation sites (tertiary alicyclic amines) is 1. The van der Waals surface area contributed by atoms with Crippen molar-refractivity contribution in [2.45, 2.75) is 31.7 Å². The highest BCUT2D eigenvalue weighted by molar-refractivity contribution is 5.88. The van der Waals surface area contributed by atoms with Crippen LogP contribution >= 0.6 is 0 Å². The average Bonchev–Trinajstić information content (AvgIpc) is 2.62. The summed E-state index contributed by atoms with van der Waals surface area (Å²) in [7, 11) is 3.74. The molecule has 1 heterocycles. The smallest absolute Gasteiger partial charge is 0.237 e. The van der Waals surface area contributed by atoms with Crippen molar-refractivity contribution in [3.63, 3.8) is 0 Å². The molecule has 0 radical (unpaired) electrons. The zero-order chi connectivity index (χ0) is 16.9. The molecule has 2 aromatic carbocycles. The lowest BCUT2D eigenvalue weighted by atomic mass is 10.0. The summed E-state index contributed by atoms with van der Waals surface area (Å²) in [5, 5.41) is 5.51. The molecule has 1 amide bonds. The number of fused-ring (bicyclic) bond motifs is 1. The van der Waals surface area contributed by atoms with Gasteiger partial charge in [-0.15, -0.1) is 0 Å². The molecule has 4 nitrogen and oxygen atoms in total. The fraction of sp³-hybridized carbons (Fsp3) is 0.450. The molecule has 1 unspecified atom stereocenters. The second-order valence-electron chi connectivity index (χ2n) is 6.50. The summed E-state index contributed by atoms with van der Waals surface area (Å²) in [6.07, 6.45) is 4.06. The van der Waals surface area contributed by atoms with Gasteiger partial charge in [-0.05, 0) is 49.7 Å². The third kappa shape index (κ3) is 3.54. The summed E-state index contributed by atoms with van der Waals surface area (Å²) in [5.41, 5.74) is 1.16. The first-order chi connectivity index (χ1) is 11.7. The van der Waals surface area contributed by atoms with Crippen LogP contribution in [0.4, 0.5) is 0 Å². The molecule has 4 heteroatoms. The number of ether oxygens (including phenoxy) is 1. The summed E-state index contributed by atoms with van der Waals surface area (Å²) in [6.45, 7) is 1.64. The van der Waals surface area contributed by atoms with Crippen LogP contribution in [0, 0.1) is 0 Å². The van der Waals surface area contributed by atoms with Crippen molar-refractivity contribution in [3.05, 3.63) is 42.0 Å². The summed E-state index contributed by atoms with van der Waals surface area (Å²) in [6, 6.07) is 12.4. The maximum atomic E-state index is 12.4. The molecule has 1 aliphatic rings. The van der Waals surface area contributed by atoms with E-state index in [2.05, 4.69) is 28.4 Å². The van der Waals surface area contributed by atoms with E-state index >= 15 is 0 Å². The van der Waals surface area contributed by atoms with Gasteiger partial charge in [0, 0.05) is 12.1 Å². The van der Waals surface area contributed by atoms with E-state index in [0.29, 0.717) is 6.54 Å². The largest absolute Gasteiger partial charge is 0.496 e. The highest BCUT2D eigenvalue weighted by Crippen LogP contribution is 2.28. The minimum absolute atomic E-state index is 0.0214. The van der Waals surface area contributed by atoms with Crippen molar-refractivity contribution < 1.29 is 9.53 Å². The number of amides is 1. The molecule has 3 rings (SSSR count). The van der Waals surface area contributed by atoms with Gasteiger partial charge in [-0.1, -0.05) is 36.8 Å².